The number of anilines is 4. The maximum atomic E-state index is 11.7. The Balaban J connectivity index is 1.50. The van der Waals surface area contributed by atoms with E-state index in [2.05, 4.69) is 20.6 Å². The van der Waals surface area contributed by atoms with Crippen LogP contribution in [-0.4, -0.2) is 29.8 Å². The lowest BCUT2D eigenvalue weighted by Gasteiger charge is -2.10. The standard InChI is InChI=1S/C19H16N4O4/c1-25-19(24)12-3-2-4-13(7-12)22-17-9-18(21-10-20-17)23-14-5-6-15-16(8-14)27-11-26-15/h2-10H,11H2,1H3,(H2,20,21,22,23). The van der Waals surface area contributed by atoms with Crippen LogP contribution in [0.1, 0.15) is 10.4 Å². The second kappa shape index (κ2) is 7.20. The summed E-state index contributed by atoms with van der Waals surface area (Å²) in [7, 11) is 1.35. The van der Waals surface area contributed by atoms with Gasteiger partial charge in [0.05, 0.1) is 12.7 Å². The number of rotatable bonds is 5. The van der Waals surface area contributed by atoms with Crippen molar-refractivity contribution in [3.8, 4) is 11.5 Å². The molecular formula is C19H16N4O4. The molecule has 8 heteroatoms. The molecule has 2 N–H and O–H groups in total. The number of hydrogen-bond acceptors (Lipinski definition) is 8. The van der Waals surface area contributed by atoms with E-state index in [-0.39, 0.29) is 6.79 Å². The molecule has 0 aliphatic carbocycles. The van der Waals surface area contributed by atoms with Gasteiger partial charge in [0.2, 0.25) is 6.79 Å². The highest BCUT2D eigenvalue weighted by atomic mass is 16.7. The van der Waals surface area contributed by atoms with Gasteiger partial charge in [0.1, 0.15) is 18.0 Å². The minimum Gasteiger partial charge on any atom is -0.465 e. The van der Waals surface area contributed by atoms with Gasteiger partial charge >= 0.3 is 5.97 Å². The van der Waals surface area contributed by atoms with Crippen LogP contribution in [-0.2, 0) is 4.74 Å². The number of nitrogens with zero attached hydrogens (tertiary/aromatic N) is 2. The zero-order chi connectivity index (χ0) is 18.6. The number of nitrogens with one attached hydrogen (secondary N) is 2. The summed E-state index contributed by atoms with van der Waals surface area (Å²) >= 11 is 0. The van der Waals surface area contributed by atoms with Crippen molar-refractivity contribution in [1.82, 2.24) is 9.97 Å². The Morgan fingerprint density at radius 2 is 1.70 bits per heavy atom. The fourth-order valence-electron chi connectivity index (χ4n) is 2.61. The van der Waals surface area contributed by atoms with Gasteiger partial charge in [0, 0.05) is 23.5 Å². The number of carbonyl (C=O) groups is 1. The van der Waals surface area contributed by atoms with Crippen LogP contribution in [0.3, 0.4) is 0 Å². The highest BCUT2D eigenvalue weighted by Crippen LogP contribution is 2.35. The van der Waals surface area contributed by atoms with Crippen molar-refractivity contribution in [3.63, 3.8) is 0 Å². The van der Waals surface area contributed by atoms with Crippen molar-refractivity contribution in [1.29, 1.82) is 0 Å². The molecule has 4 rings (SSSR count). The molecular weight excluding hydrogens is 348 g/mol. The molecule has 2 heterocycles. The number of methoxy groups -OCH3 is 1. The van der Waals surface area contributed by atoms with Gasteiger partial charge in [-0.15, -0.1) is 0 Å². The topological polar surface area (TPSA) is 94.6 Å². The molecule has 1 aliphatic rings. The second-order valence-corrected chi connectivity index (χ2v) is 5.68. The Morgan fingerprint density at radius 1 is 0.963 bits per heavy atom. The number of hydrogen-bond donors (Lipinski definition) is 2. The smallest absolute Gasteiger partial charge is 0.337 e. The molecule has 8 nitrogen and oxygen atoms in total. The largest absolute Gasteiger partial charge is 0.465 e. The van der Waals surface area contributed by atoms with Crippen LogP contribution in [0.2, 0.25) is 0 Å². The Morgan fingerprint density at radius 3 is 2.48 bits per heavy atom. The molecule has 0 amide bonds. The number of ether oxygens (including phenoxy) is 3. The molecule has 0 saturated carbocycles. The highest BCUT2D eigenvalue weighted by molar-refractivity contribution is 5.90. The van der Waals surface area contributed by atoms with Crippen LogP contribution in [0.5, 0.6) is 11.5 Å². The maximum absolute atomic E-state index is 11.7. The van der Waals surface area contributed by atoms with E-state index in [1.807, 2.05) is 24.3 Å². The van der Waals surface area contributed by atoms with Gasteiger partial charge in [-0.2, -0.15) is 0 Å². The Labute approximate surface area is 155 Å². The van der Waals surface area contributed by atoms with Crippen LogP contribution >= 0.6 is 0 Å². The summed E-state index contributed by atoms with van der Waals surface area (Å²) in [5.74, 6) is 2.19. The van der Waals surface area contributed by atoms with Crippen molar-refractivity contribution in [2.24, 2.45) is 0 Å². The predicted molar refractivity (Wildman–Crippen MR) is 98.9 cm³/mol. The quantitative estimate of drug-likeness (QED) is 0.665. The first-order valence-electron chi connectivity index (χ1n) is 8.15. The molecule has 0 fully saturated rings. The Bertz CT molecular complexity index is 993. The Hall–Kier alpha value is -3.81. The van der Waals surface area contributed by atoms with Gasteiger partial charge in [-0.05, 0) is 30.3 Å². The summed E-state index contributed by atoms with van der Waals surface area (Å²) in [6, 6.07) is 14.3. The highest BCUT2D eigenvalue weighted by Gasteiger charge is 2.13. The second-order valence-electron chi connectivity index (χ2n) is 5.68. The van der Waals surface area contributed by atoms with Crippen LogP contribution in [0.15, 0.2) is 54.9 Å². The van der Waals surface area contributed by atoms with Crippen molar-refractivity contribution in [3.05, 3.63) is 60.4 Å². The maximum Gasteiger partial charge on any atom is 0.337 e. The Kier molecular flexibility index (Phi) is 4.44. The molecule has 136 valence electrons. The zero-order valence-electron chi connectivity index (χ0n) is 14.4. The molecule has 1 aliphatic heterocycles. The van der Waals surface area contributed by atoms with Crippen LogP contribution in [0.4, 0.5) is 23.0 Å². The summed E-state index contributed by atoms with van der Waals surface area (Å²) in [6.07, 6.45) is 1.45. The average Bonchev–Trinajstić information content (AvgIpc) is 3.16. The molecule has 27 heavy (non-hydrogen) atoms. The van der Waals surface area contributed by atoms with Crippen LogP contribution < -0.4 is 20.1 Å². The lowest BCUT2D eigenvalue weighted by molar-refractivity contribution is 0.0601. The fourth-order valence-corrected chi connectivity index (χ4v) is 2.61. The minimum absolute atomic E-state index is 0.227. The SMILES string of the molecule is COC(=O)c1cccc(Nc2cc(Nc3ccc4c(c3)OCO4)ncn2)c1. The fraction of sp³-hybridized carbons (Fsp3) is 0.105. The molecule has 0 unspecified atom stereocenters. The third-order valence-corrected chi connectivity index (χ3v) is 3.87. The monoisotopic (exact) mass is 364 g/mol. The van der Waals surface area contributed by atoms with Gasteiger partial charge in [-0.25, -0.2) is 14.8 Å². The lowest BCUT2D eigenvalue weighted by atomic mass is 10.2. The van der Waals surface area contributed by atoms with Gasteiger partial charge in [0.15, 0.2) is 11.5 Å². The summed E-state index contributed by atoms with van der Waals surface area (Å²) < 4.78 is 15.4. The third kappa shape index (κ3) is 3.74. The zero-order valence-corrected chi connectivity index (χ0v) is 14.4. The van der Waals surface area contributed by atoms with E-state index in [1.165, 1.54) is 13.4 Å². The number of esters is 1. The van der Waals surface area contributed by atoms with E-state index in [0.717, 1.165) is 11.4 Å². The van der Waals surface area contributed by atoms with Crippen molar-refractivity contribution in [2.45, 2.75) is 0 Å². The molecule has 2 aromatic carbocycles. The molecule has 1 aromatic heterocycles. The normalized spacial score (nSPS) is 11.7. The first-order valence-corrected chi connectivity index (χ1v) is 8.15. The van der Waals surface area contributed by atoms with E-state index in [0.29, 0.717) is 28.6 Å². The molecule has 0 bridgehead atoms. The van der Waals surface area contributed by atoms with E-state index in [1.54, 1.807) is 24.3 Å². The van der Waals surface area contributed by atoms with Gasteiger partial charge in [0.25, 0.3) is 0 Å². The minimum atomic E-state index is -0.397. The number of aromatic nitrogens is 2. The van der Waals surface area contributed by atoms with Gasteiger partial charge in [-0.3, -0.25) is 0 Å². The van der Waals surface area contributed by atoms with Crippen molar-refractivity contribution in [2.75, 3.05) is 24.5 Å². The van der Waals surface area contributed by atoms with Crippen molar-refractivity contribution < 1.29 is 19.0 Å². The van der Waals surface area contributed by atoms with Gasteiger partial charge < -0.3 is 24.8 Å². The summed E-state index contributed by atoms with van der Waals surface area (Å²) in [6.45, 7) is 0.227. The van der Waals surface area contributed by atoms with E-state index in [4.69, 9.17) is 14.2 Å². The number of carbonyl (C=O) groups excluding carboxylic acids is 1. The molecule has 0 spiro atoms. The average molecular weight is 364 g/mol. The summed E-state index contributed by atoms with van der Waals surface area (Å²) in [5, 5.41) is 6.35. The summed E-state index contributed by atoms with van der Waals surface area (Å²) in [5.41, 5.74) is 1.98. The lowest BCUT2D eigenvalue weighted by Crippen LogP contribution is -2.02. The van der Waals surface area contributed by atoms with E-state index < -0.39 is 5.97 Å². The van der Waals surface area contributed by atoms with Crippen molar-refractivity contribution >= 4 is 29.0 Å². The van der Waals surface area contributed by atoms with Gasteiger partial charge in [-0.1, -0.05) is 6.07 Å². The van der Waals surface area contributed by atoms with Crippen LogP contribution in [0.25, 0.3) is 0 Å². The van der Waals surface area contributed by atoms with E-state index >= 15 is 0 Å². The molecule has 3 aromatic rings. The van der Waals surface area contributed by atoms with Crippen LogP contribution in [0, 0.1) is 0 Å². The number of benzene rings is 2. The molecule has 0 radical (unpaired) electrons. The third-order valence-electron chi connectivity index (χ3n) is 3.87. The first-order chi connectivity index (χ1) is 13.2. The number of fused-ring (bicyclic) bond motifs is 1. The molecule has 0 atom stereocenters. The first kappa shape index (κ1) is 16.6. The van der Waals surface area contributed by atoms with E-state index in [9.17, 15) is 4.79 Å². The predicted octanol–water partition coefficient (Wildman–Crippen LogP) is 3.48. The molecule has 0 saturated heterocycles. The summed E-state index contributed by atoms with van der Waals surface area (Å²) in [4.78, 5) is 20.1.